The highest BCUT2D eigenvalue weighted by atomic mass is 35.5. The van der Waals surface area contributed by atoms with Gasteiger partial charge in [0.05, 0.1) is 0 Å². The average molecular weight is 268 g/mol. The number of halogens is 1. The van der Waals surface area contributed by atoms with Crippen LogP contribution in [0.1, 0.15) is 45.1 Å². The van der Waals surface area contributed by atoms with E-state index < -0.39 is 0 Å². The van der Waals surface area contributed by atoms with Crippen LogP contribution in [0.2, 0.25) is 0 Å². The van der Waals surface area contributed by atoms with Gasteiger partial charge in [0.25, 0.3) is 0 Å². The highest BCUT2D eigenvalue weighted by molar-refractivity contribution is 5.85. The van der Waals surface area contributed by atoms with Crippen LogP contribution in [0, 0.1) is 0 Å². The van der Waals surface area contributed by atoms with Crippen LogP contribution in [-0.2, 0) is 6.42 Å². The van der Waals surface area contributed by atoms with Gasteiger partial charge in [-0.05, 0) is 51.8 Å². The summed E-state index contributed by atoms with van der Waals surface area (Å²) in [4.78, 5) is 2.69. The second-order valence-electron chi connectivity index (χ2n) is 5.88. The summed E-state index contributed by atoms with van der Waals surface area (Å²) >= 11 is 0. The Labute approximate surface area is 118 Å². The normalized spacial score (nSPS) is 17.9. The Balaban J connectivity index is 0.00000162. The summed E-state index contributed by atoms with van der Waals surface area (Å²) in [5, 5.41) is 0. The number of likely N-dealkylation sites (tertiary alicyclic amines) is 1. The molecule has 0 aliphatic carbocycles. The maximum Gasteiger partial charge on any atom is 0.0193 e. The van der Waals surface area contributed by atoms with E-state index in [2.05, 4.69) is 49.1 Å². The molecule has 2 heteroatoms. The van der Waals surface area contributed by atoms with Crippen LogP contribution in [0.3, 0.4) is 0 Å². The van der Waals surface area contributed by atoms with Gasteiger partial charge in [-0.1, -0.05) is 43.2 Å². The summed E-state index contributed by atoms with van der Waals surface area (Å²) in [5.74, 6) is 0. The van der Waals surface area contributed by atoms with Crippen molar-refractivity contribution in [3.8, 4) is 0 Å². The molecule has 0 amide bonds. The molecule has 1 heterocycles. The molecular formula is C16H26ClN. The SMILES string of the molecule is CC(C)(Cc1ccccc1)N1CCCCCC1.Cl. The Kier molecular flexibility index (Phi) is 6.17. The maximum atomic E-state index is 2.69. The Bertz CT molecular complexity index is 326. The third-order valence-corrected chi connectivity index (χ3v) is 3.94. The van der Waals surface area contributed by atoms with Gasteiger partial charge in [-0.3, -0.25) is 4.90 Å². The lowest BCUT2D eigenvalue weighted by atomic mass is 9.92. The molecule has 0 unspecified atom stereocenters. The van der Waals surface area contributed by atoms with Gasteiger partial charge in [0, 0.05) is 5.54 Å². The number of benzene rings is 1. The number of hydrogen-bond donors (Lipinski definition) is 0. The second-order valence-corrected chi connectivity index (χ2v) is 5.88. The quantitative estimate of drug-likeness (QED) is 0.789. The molecular weight excluding hydrogens is 242 g/mol. The minimum atomic E-state index is 0. The van der Waals surface area contributed by atoms with E-state index in [1.54, 1.807) is 0 Å². The van der Waals surface area contributed by atoms with Crippen LogP contribution in [0.5, 0.6) is 0 Å². The molecule has 1 saturated heterocycles. The number of hydrogen-bond acceptors (Lipinski definition) is 1. The smallest absolute Gasteiger partial charge is 0.0193 e. The molecule has 0 atom stereocenters. The molecule has 2 rings (SSSR count). The third kappa shape index (κ3) is 4.29. The molecule has 18 heavy (non-hydrogen) atoms. The van der Waals surface area contributed by atoms with E-state index in [0.29, 0.717) is 5.54 Å². The molecule has 0 radical (unpaired) electrons. The summed E-state index contributed by atoms with van der Waals surface area (Å²) in [6, 6.07) is 10.9. The maximum absolute atomic E-state index is 2.69. The van der Waals surface area contributed by atoms with Crippen molar-refractivity contribution in [1.29, 1.82) is 0 Å². The largest absolute Gasteiger partial charge is 0.298 e. The molecule has 102 valence electrons. The number of nitrogens with zero attached hydrogens (tertiary/aromatic N) is 1. The standard InChI is InChI=1S/C16H25N.ClH/c1-16(2,14-15-10-6-5-7-11-15)17-12-8-3-4-9-13-17;/h5-7,10-11H,3-4,8-9,12-14H2,1-2H3;1H. The van der Waals surface area contributed by atoms with Crippen LogP contribution >= 0.6 is 12.4 Å². The predicted molar refractivity (Wildman–Crippen MR) is 81.5 cm³/mol. The zero-order valence-corrected chi connectivity index (χ0v) is 12.5. The average Bonchev–Trinajstić information content (AvgIpc) is 2.58. The molecule has 0 bridgehead atoms. The van der Waals surface area contributed by atoms with E-state index >= 15 is 0 Å². The molecule has 0 aromatic heterocycles. The fourth-order valence-electron chi connectivity index (χ4n) is 2.88. The summed E-state index contributed by atoms with van der Waals surface area (Å²) in [6.07, 6.45) is 6.74. The van der Waals surface area contributed by atoms with Gasteiger partial charge < -0.3 is 0 Å². The van der Waals surface area contributed by atoms with Crippen molar-refractivity contribution in [2.24, 2.45) is 0 Å². The van der Waals surface area contributed by atoms with E-state index in [-0.39, 0.29) is 12.4 Å². The van der Waals surface area contributed by atoms with Crippen LogP contribution in [0.15, 0.2) is 30.3 Å². The second kappa shape index (κ2) is 7.16. The summed E-state index contributed by atoms with van der Waals surface area (Å²) in [5.41, 5.74) is 1.76. The minimum Gasteiger partial charge on any atom is -0.298 e. The first-order chi connectivity index (χ1) is 8.18. The topological polar surface area (TPSA) is 3.24 Å². The Morgan fingerprint density at radius 1 is 0.944 bits per heavy atom. The minimum absolute atomic E-state index is 0. The zero-order chi connectivity index (χ0) is 12.1. The van der Waals surface area contributed by atoms with Crippen molar-refractivity contribution in [3.05, 3.63) is 35.9 Å². The van der Waals surface area contributed by atoms with Gasteiger partial charge in [-0.2, -0.15) is 0 Å². The summed E-state index contributed by atoms with van der Waals surface area (Å²) < 4.78 is 0. The fourth-order valence-corrected chi connectivity index (χ4v) is 2.88. The van der Waals surface area contributed by atoms with Crippen molar-refractivity contribution in [2.45, 2.75) is 51.5 Å². The van der Waals surface area contributed by atoms with Crippen LogP contribution in [0.25, 0.3) is 0 Å². The van der Waals surface area contributed by atoms with Crippen molar-refractivity contribution < 1.29 is 0 Å². The lowest BCUT2D eigenvalue weighted by molar-refractivity contribution is 0.125. The van der Waals surface area contributed by atoms with Crippen molar-refractivity contribution in [2.75, 3.05) is 13.1 Å². The Morgan fingerprint density at radius 2 is 1.50 bits per heavy atom. The lowest BCUT2D eigenvalue weighted by Gasteiger charge is -2.38. The zero-order valence-electron chi connectivity index (χ0n) is 11.7. The molecule has 1 aromatic carbocycles. The lowest BCUT2D eigenvalue weighted by Crippen LogP contribution is -2.46. The van der Waals surface area contributed by atoms with Crippen LogP contribution < -0.4 is 0 Å². The molecule has 1 aromatic rings. The molecule has 1 aliphatic rings. The molecule has 0 spiro atoms. The van der Waals surface area contributed by atoms with E-state index in [1.807, 2.05) is 0 Å². The first kappa shape index (κ1) is 15.5. The third-order valence-electron chi connectivity index (χ3n) is 3.94. The summed E-state index contributed by atoms with van der Waals surface area (Å²) in [6.45, 7) is 7.34. The van der Waals surface area contributed by atoms with Gasteiger partial charge in [0.2, 0.25) is 0 Å². The fraction of sp³-hybridized carbons (Fsp3) is 0.625. The van der Waals surface area contributed by atoms with E-state index in [4.69, 9.17) is 0 Å². The molecule has 1 aliphatic heterocycles. The van der Waals surface area contributed by atoms with Gasteiger partial charge in [-0.25, -0.2) is 0 Å². The van der Waals surface area contributed by atoms with E-state index in [0.717, 1.165) is 6.42 Å². The van der Waals surface area contributed by atoms with Gasteiger partial charge in [-0.15, -0.1) is 12.4 Å². The van der Waals surface area contributed by atoms with Gasteiger partial charge >= 0.3 is 0 Å². The molecule has 0 saturated carbocycles. The highest BCUT2D eigenvalue weighted by Gasteiger charge is 2.27. The summed E-state index contributed by atoms with van der Waals surface area (Å²) in [7, 11) is 0. The van der Waals surface area contributed by atoms with Crippen molar-refractivity contribution in [1.82, 2.24) is 4.90 Å². The number of rotatable bonds is 3. The van der Waals surface area contributed by atoms with Crippen molar-refractivity contribution in [3.63, 3.8) is 0 Å². The Morgan fingerprint density at radius 3 is 2.06 bits per heavy atom. The van der Waals surface area contributed by atoms with Crippen LogP contribution in [-0.4, -0.2) is 23.5 Å². The van der Waals surface area contributed by atoms with Gasteiger partial charge in [0.15, 0.2) is 0 Å². The molecule has 1 nitrogen and oxygen atoms in total. The van der Waals surface area contributed by atoms with E-state index in [9.17, 15) is 0 Å². The van der Waals surface area contributed by atoms with E-state index in [1.165, 1.54) is 44.3 Å². The predicted octanol–water partition coefficient (Wildman–Crippen LogP) is 4.31. The highest BCUT2D eigenvalue weighted by Crippen LogP contribution is 2.23. The monoisotopic (exact) mass is 267 g/mol. The van der Waals surface area contributed by atoms with Crippen molar-refractivity contribution >= 4 is 12.4 Å². The molecule has 1 fully saturated rings. The first-order valence-electron chi connectivity index (χ1n) is 6.97. The van der Waals surface area contributed by atoms with Crippen LogP contribution in [0.4, 0.5) is 0 Å². The first-order valence-corrected chi connectivity index (χ1v) is 6.97. The molecule has 0 N–H and O–H groups in total. The Hall–Kier alpha value is -0.530. The van der Waals surface area contributed by atoms with Gasteiger partial charge in [0.1, 0.15) is 0 Å².